The molecule has 5 rings (SSSR count). The SMILES string of the molecule is CC1(C)CC(O)Cc2cc(F)c(F)cc21.Cc1c(OCC2CCN(C)CC2)nn(-c2ccccc2)c1NC(N)=O. The topological polar surface area (TPSA) is 106 Å². The van der Waals surface area contributed by atoms with Crippen LogP contribution >= 0.6 is 0 Å². The largest absolute Gasteiger partial charge is 0.476 e. The van der Waals surface area contributed by atoms with Gasteiger partial charge < -0.3 is 20.5 Å². The van der Waals surface area contributed by atoms with Gasteiger partial charge in [0.05, 0.1) is 24.0 Å². The number of anilines is 1. The predicted molar refractivity (Wildman–Crippen MR) is 151 cm³/mol. The molecule has 8 nitrogen and oxygen atoms in total. The van der Waals surface area contributed by atoms with Crippen molar-refractivity contribution in [1.82, 2.24) is 14.7 Å². The number of likely N-dealkylation sites (tertiary alicyclic amines) is 1. The van der Waals surface area contributed by atoms with E-state index in [4.69, 9.17) is 10.5 Å². The highest BCUT2D eigenvalue weighted by Crippen LogP contribution is 2.37. The van der Waals surface area contributed by atoms with E-state index in [0.29, 0.717) is 37.1 Å². The minimum Gasteiger partial charge on any atom is -0.476 e. The minimum atomic E-state index is -0.835. The molecule has 2 aliphatic rings. The van der Waals surface area contributed by atoms with E-state index in [1.165, 1.54) is 12.1 Å². The van der Waals surface area contributed by atoms with Crippen molar-refractivity contribution in [2.24, 2.45) is 11.7 Å². The first-order chi connectivity index (χ1) is 18.9. The highest BCUT2D eigenvalue weighted by Gasteiger charge is 2.33. The number of amides is 2. The van der Waals surface area contributed by atoms with E-state index in [9.17, 15) is 18.7 Å². The van der Waals surface area contributed by atoms with Crippen LogP contribution in [0.25, 0.3) is 5.69 Å². The lowest BCUT2D eigenvalue weighted by Gasteiger charge is -2.35. The summed E-state index contributed by atoms with van der Waals surface area (Å²) in [5, 5.41) is 16.8. The molecule has 2 amide bonds. The second kappa shape index (κ2) is 12.3. The van der Waals surface area contributed by atoms with E-state index in [1.54, 1.807) is 4.68 Å². The van der Waals surface area contributed by atoms with Crippen LogP contribution in [0.1, 0.15) is 49.8 Å². The third-order valence-corrected chi connectivity index (χ3v) is 7.69. The monoisotopic (exact) mass is 555 g/mol. The number of primary amides is 1. The highest BCUT2D eigenvalue weighted by atomic mass is 19.2. The number of fused-ring (bicyclic) bond motifs is 1. The summed E-state index contributed by atoms with van der Waals surface area (Å²) in [7, 11) is 2.14. The Balaban J connectivity index is 0.000000210. The van der Waals surface area contributed by atoms with Crippen LogP contribution in [-0.4, -0.2) is 58.7 Å². The number of hydrogen-bond acceptors (Lipinski definition) is 5. The summed E-state index contributed by atoms with van der Waals surface area (Å²) in [4.78, 5) is 13.7. The number of hydrogen-bond donors (Lipinski definition) is 3. The molecule has 0 spiro atoms. The molecule has 1 fully saturated rings. The number of carbonyl (C=O) groups is 1. The normalized spacial score (nSPS) is 18.8. The zero-order chi connectivity index (χ0) is 29.0. The number of halogens is 2. The van der Waals surface area contributed by atoms with Crippen molar-refractivity contribution in [1.29, 1.82) is 0 Å². The molecule has 2 heterocycles. The number of aromatic nitrogens is 2. The molecule has 4 N–H and O–H groups in total. The van der Waals surface area contributed by atoms with Crippen LogP contribution < -0.4 is 15.8 Å². The van der Waals surface area contributed by atoms with Crippen molar-refractivity contribution in [3.05, 3.63) is 70.8 Å². The molecular formula is C30H39F2N5O3. The Kier molecular flexibility index (Phi) is 9.10. The average Bonchev–Trinajstić information content (AvgIpc) is 3.20. The number of nitrogens with one attached hydrogen (secondary N) is 1. The van der Waals surface area contributed by atoms with Gasteiger partial charge >= 0.3 is 6.03 Å². The van der Waals surface area contributed by atoms with E-state index in [0.717, 1.165) is 48.3 Å². The molecule has 0 saturated carbocycles. The minimum absolute atomic E-state index is 0.290. The molecule has 10 heteroatoms. The highest BCUT2D eigenvalue weighted by molar-refractivity contribution is 5.88. The summed E-state index contributed by atoms with van der Waals surface area (Å²) in [6, 6.07) is 11.4. The summed E-state index contributed by atoms with van der Waals surface area (Å²) in [6.45, 7) is 8.58. The van der Waals surface area contributed by atoms with Gasteiger partial charge in [-0.1, -0.05) is 32.0 Å². The van der Waals surface area contributed by atoms with Crippen LogP contribution in [0.5, 0.6) is 5.88 Å². The van der Waals surface area contributed by atoms with Crippen molar-refractivity contribution < 1.29 is 23.4 Å². The van der Waals surface area contributed by atoms with Gasteiger partial charge in [0.15, 0.2) is 11.6 Å². The number of aliphatic hydroxyl groups excluding tert-OH is 1. The molecule has 1 atom stereocenters. The maximum absolute atomic E-state index is 13.1. The van der Waals surface area contributed by atoms with E-state index in [2.05, 4.69) is 22.4 Å². The third-order valence-electron chi connectivity index (χ3n) is 7.69. The lowest BCUT2D eigenvalue weighted by molar-refractivity contribution is 0.127. The van der Waals surface area contributed by atoms with Gasteiger partial charge in [0, 0.05) is 0 Å². The molecule has 40 heavy (non-hydrogen) atoms. The number of nitrogens with zero attached hydrogens (tertiary/aromatic N) is 3. The first-order valence-corrected chi connectivity index (χ1v) is 13.6. The number of para-hydroxylation sites is 1. The van der Waals surface area contributed by atoms with Gasteiger partial charge in [-0.3, -0.25) is 5.32 Å². The second-order valence-electron chi connectivity index (χ2n) is 11.4. The van der Waals surface area contributed by atoms with Crippen molar-refractivity contribution in [2.75, 3.05) is 32.1 Å². The van der Waals surface area contributed by atoms with E-state index >= 15 is 0 Å². The van der Waals surface area contributed by atoms with Crippen LogP contribution in [0.2, 0.25) is 0 Å². The Bertz CT molecular complexity index is 1320. The van der Waals surface area contributed by atoms with Gasteiger partial charge in [-0.25, -0.2) is 18.3 Å². The standard InChI is InChI=1S/C18H25N5O2.C12H14F2O/c1-13-16(20-18(19)24)23(15-6-4-3-5-7-15)21-17(13)25-12-14-8-10-22(2)11-9-14;1-12(2)6-8(15)3-7-4-10(13)11(14)5-9(7)12/h3-7,14H,8-12H2,1-2H3,(H3,19,20,24);4-5,8,15H,3,6H2,1-2H3. The number of piperidine rings is 1. The van der Waals surface area contributed by atoms with E-state index in [-0.39, 0.29) is 5.41 Å². The maximum Gasteiger partial charge on any atom is 0.317 e. The van der Waals surface area contributed by atoms with Crippen molar-refractivity contribution in [3.8, 4) is 11.6 Å². The number of benzene rings is 2. The van der Waals surface area contributed by atoms with Gasteiger partial charge in [-0.2, -0.15) is 0 Å². The molecule has 2 aromatic carbocycles. The molecule has 1 unspecified atom stereocenters. The fourth-order valence-electron chi connectivity index (χ4n) is 5.47. The fourth-order valence-corrected chi connectivity index (χ4v) is 5.47. The van der Waals surface area contributed by atoms with Gasteiger partial charge in [0.25, 0.3) is 0 Å². The number of ether oxygens (including phenoxy) is 1. The quantitative estimate of drug-likeness (QED) is 0.414. The third kappa shape index (κ3) is 6.98. The summed E-state index contributed by atoms with van der Waals surface area (Å²) in [5.41, 5.74) is 8.17. The number of aliphatic hydroxyl groups is 1. The summed E-state index contributed by atoms with van der Waals surface area (Å²) in [6.07, 6.45) is 2.79. The Morgan fingerprint density at radius 2 is 1.82 bits per heavy atom. The first kappa shape index (κ1) is 29.5. The average molecular weight is 556 g/mol. The number of carbonyl (C=O) groups excluding carboxylic acids is 1. The van der Waals surface area contributed by atoms with Crippen LogP contribution in [0.15, 0.2) is 42.5 Å². The van der Waals surface area contributed by atoms with Crippen molar-refractivity contribution in [3.63, 3.8) is 0 Å². The molecule has 1 saturated heterocycles. The Morgan fingerprint density at radius 3 is 2.48 bits per heavy atom. The lowest BCUT2D eigenvalue weighted by Crippen LogP contribution is -2.33. The number of nitrogens with two attached hydrogens (primary N) is 1. The Labute approximate surface area is 234 Å². The zero-order valence-electron chi connectivity index (χ0n) is 23.6. The summed E-state index contributed by atoms with van der Waals surface area (Å²) >= 11 is 0. The number of rotatable bonds is 5. The first-order valence-electron chi connectivity index (χ1n) is 13.6. The summed E-state index contributed by atoms with van der Waals surface area (Å²) in [5.74, 6) is -0.0366. The molecule has 216 valence electrons. The van der Waals surface area contributed by atoms with E-state index in [1.807, 2.05) is 51.1 Å². The van der Waals surface area contributed by atoms with Crippen molar-refractivity contribution >= 4 is 11.8 Å². The molecular weight excluding hydrogens is 516 g/mol. The molecule has 0 bridgehead atoms. The molecule has 1 aromatic heterocycles. The fraction of sp³-hybridized carbons (Fsp3) is 0.467. The molecule has 1 aliphatic carbocycles. The Hall–Kier alpha value is -3.50. The Morgan fingerprint density at radius 1 is 1.18 bits per heavy atom. The van der Waals surface area contributed by atoms with Crippen LogP contribution in [0.4, 0.5) is 19.4 Å². The van der Waals surface area contributed by atoms with Gasteiger partial charge in [-0.15, -0.1) is 5.10 Å². The summed E-state index contributed by atoms with van der Waals surface area (Å²) < 4.78 is 33.8. The number of urea groups is 1. The van der Waals surface area contributed by atoms with E-state index < -0.39 is 23.8 Å². The second-order valence-corrected chi connectivity index (χ2v) is 11.4. The lowest BCUT2D eigenvalue weighted by atomic mass is 9.71. The maximum atomic E-state index is 13.1. The van der Waals surface area contributed by atoms with Crippen LogP contribution in [0.3, 0.4) is 0 Å². The molecule has 0 radical (unpaired) electrons. The molecule has 1 aliphatic heterocycles. The van der Waals surface area contributed by atoms with Crippen LogP contribution in [0, 0.1) is 24.5 Å². The zero-order valence-corrected chi connectivity index (χ0v) is 23.6. The van der Waals surface area contributed by atoms with Crippen molar-refractivity contribution in [2.45, 2.75) is 58.0 Å². The van der Waals surface area contributed by atoms with Gasteiger partial charge in [0.1, 0.15) is 5.82 Å². The van der Waals surface area contributed by atoms with Gasteiger partial charge in [0.2, 0.25) is 5.88 Å². The predicted octanol–water partition coefficient (Wildman–Crippen LogP) is 4.94. The van der Waals surface area contributed by atoms with Gasteiger partial charge in [-0.05, 0) is 99.5 Å². The van der Waals surface area contributed by atoms with Crippen LogP contribution in [-0.2, 0) is 11.8 Å². The molecule has 3 aromatic rings. The smallest absolute Gasteiger partial charge is 0.317 e.